The summed E-state index contributed by atoms with van der Waals surface area (Å²) >= 11 is 0. The summed E-state index contributed by atoms with van der Waals surface area (Å²) in [6, 6.07) is 2.54. The molecule has 0 unspecified atom stereocenters. The molecule has 174 valence electrons. The van der Waals surface area contributed by atoms with Crippen LogP contribution in [0.3, 0.4) is 0 Å². The van der Waals surface area contributed by atoms with Crippen LogP contribution in [0.1, 0.15) is 32.8 Å². The molecule has 2 rings (SSSR count). The van der Waals surface area contributed by atoms with Crippen molar-refractivity contribution in [2.75, 3.05) is 20.3 Å². The van der Waals surface area contributed by atoms with E-state index in [0.717, 1.165) is 5.56 Å². The zero-order valence-corrected chi connectivity index (χ0v) is 19.0. The summed E-state index contributed by atoms with van der Waals surface area (Å²) in [6.07, 6.45) is 2.14. The molecule has 0 radical (unpaired) electrons. The van der Waals surface area contributed by atoms with E-state index in [0.29, 0.717) is 0 Å². The van der Waals surface area contributed by atoms with Crippen LogP contribution in [0.2, 0.25) is 0 Å². The number of hydrogen-bond donors (Lipinski definition) is 3. The second kappa shape index (κ2) is 10.9. The van der Waals surface area contributed by atoms with E-state index >= 15 is 0 Å². The van der Waals surface area contributed by atoms with E-state index in [-0.39, 0.29) is 26.2 Å². The number of pyridine rings is 1. The maximum atomic E-state index is 12.6. The number of hydrogen-bond acceptors (Lipinski definition) is 10. The van der Waals surface area contributed by atoms with Crippen molar-refractivity contribution in [3.05, 3.63) is 30.1 Å². The van der Waals surface area contributed by atoms with Crippen LogP contribution in [0.25, 0.3) is 0 Å². The summed E-state index contributed by atoms with van der Waals surface area (Å²) in [5, 5.41) is 5.23. The van der Waals surface area contributed by atoms with Crippen molar-refractivity contribution in [2.24, 2.45) is 5.41 Å². The maximum absolute atomic E-state index is 12.6. The molecule has 1 aromatic heterocycles. The molecular weight excluding hydrogens is 429 g/mol. The van der Waals surface area contributed by atoms with Crippen molar-refractivity contribution in [3.8, 4) is 0 Å². The van der Waals surface area contributed by atoms with Crippen molar-refractivity contribution in [2.45, 2.75) is 45.9 Å². The van der Waals surface area contributed by atoms with Gasteiger partial charge in [0.1, 0.15) is 0 Å². The number of esters is 2. The van der Waals surface area contributed by atoms with E-state index in [1.807, 2.05) is 0 Å². The molecule has 1 aromatic rings. The molecule has 1 amide bonds. The van der Waals surface area contributed by atoms with Crippen LogP contribution < -0.4 is 10.4 Å². The Morgan fingerprint density at radius 3 is 2.81 bits per heavy atom. The van der Waals surface area contributed by atoms with Crippen LogP contribution in [-0.2, 0) is 39.5 Å². The number of nitrogens with one attached hydrogen (secondary N) is 2. The number of aromatic nitrogens is 1. The van der Waals surface area contributed by atoms with E-state index in [2.05, 4.69) is 20.1 Å². The van der Waals surface area contributed by atoms with Crippen molar-refractivity contribution in [1.82, 2.24) is 15.4 Å². The molecule has 0 bridgehead atoms. The van der Waals surface area contributed by atoms with Crippen LogP contribution >= 0.6 is 8.09 Å². The Morgan fingerprint density at radius 1 is 1.42 bits per heavy atom. The second-order valence-electron chi connectivity index (χ2n) is 7.81. The molecule has 0 spiro atoms. The topological polar surface area (TPSA) is 145 Å². The molecule has 2 atom stereocenters. The summed E-state index contributed by atoms with van der Waals surface area (Å²) in [5.74, 6) is -1.59. The summed E-state index contributed by atoms with van der Waals surface area (Å²) in [7, 11) is -2.81. The van der Waals surface area contributed by atoms with Crippen LogP contribution in [0.5, 0.6) is 0 Å². The van der Waals surface area contributed by atoms with Gasteiger partial charge in [0.2, 0.25) is 0 Å². The van der Waals surface area contributed by atoms with Crippen LogP contribution in [0.4, 0.5) is 0 Å². The van der Waals surface area contributed by atoms with E-state index in [1.165, 1.54) is 14.0 Å². The Balaban J connectivity index is 1.93. The average molecular weight is 459 g/mol. The molecular formula is C19H30N3O8P. The van der Waals surface area contributed by atoms with Gasteiger partial charge in [0, 0.05) is 0 Å². The minimum absolute atomic E-state index is 0.00560. The van der Waals surface area contributed by atoms with Crippen molar-refractivity contribution < 1.29 is 37.8 Å². The summed E-state index contributed by atoms with van der Waals surface area (Å²) < 4.78 is 20.9. The van der Waals surface area contributed by atoms with Crippen LogP contribution in [-0.4, -0.2) is 60.1 Å². The zero-order chi connectivity index (χ0) is 23.1. The van der Waals surface area contributed by atoms with E-state index in [1.54, 1.807) is 38.4 Å². The van der Waals surface area contributed by atoms with Gasteiger partial charge in [-0.05, 0) is 0 Å². The van der Waals surface area contributed by atoms with Gasteiger partial charge in [-0.3, -0.25) is 0 Å². The van der Waals surface area contributed by atoms with Gasteiger partial charge < -0.3 is 0 Å². The SMILES string of the molecule is COC(=O)CCNC(=O)[C@@H]1O[PH](O)(N[C@@H](C)C(=O)OCc2cccnc2)OCC1(C)C. The molecule has 31 heavy (non-hydrogen) atoms. The third-order valence-electron chi connectivity index (χ3n) is 4.58. The Bertz CT molecular complexity index is 779. The Morgan fingerprint density at radius 2 is 2.16 bits per heavy atom. The Labute approximate surface area is 181 Å². The summed E-state index contributed by atoms with van der Waals surface area (Å²) in [6.45, 7) is 5.10. The first-order valence-electron chi connectivity index (χ1n) is 9.78. The van der Waals surface area contributed by atoms with Crippen molar-refractivity contribution in [1.29, 1.82) is 0 Å². The van der Waals surface area contributed by atoms with Gasteiger partial charge in [0.15, 0.2) is 0 Å². The standard InChI is InChI=1S/C19H30N3O8P/c1-13(18(25)28-11-14-6-5-8-20-10-14)22-31(26)29-12-19(2,3)16(30-31)17(24)21-9-7-15(23)27-4/h5-6,8,10,13,16,22,26,31H,7,9,11-12H2,1-4H3,(H,21,24)/t13-,16-/m0/s1. The number of rotatable bonds is 9. The third-order valence-corrected chi connectivity index (χ3v) is 6.47. The summed E-state index contributed by atoms with van der Waals surface area (Å²) in [5.41, 5.74) is -0.0325. The molecule has 3 N–H and O–H groups in total. The molecule has 11 nitrogen and oxygen atoms in total. The second-order valence-corrected chi connectivity index (χ2v) is 9.79. The summed E-state index contributed by atoms with van der Waals surface area (Å²) in [4.78, 5) is 50.8. The molecule has 2 heterocycles. The third kappa shape index (κ3) is 7.48. The van der Waals surface area contributed by atoms with Crippen molar-refractivity contribution in [3.63, 3.8) is 0 Å². The van der Waals surface area contributed by atoms with Gasteiger partial charge in [-0.1, -0.05) is 0 Å². The van der Waals surface area contributed by atoms with Gasteiger partial charge >= 0.3 is 181 Å². The fourth-order valence-corrected chi connectivity index (χ4v) is 4.97. The van der Waals surface area contributed by atoms with Gasteiger partial charge in [0.05, 0.1) is 0 Å². The first-order chi connectivity index (χ1) is 14.6. The molecule has 1 saturated heterocycles. The minimum atomic E-state index is -4.07. The molecule has 1 fully saturated rings. The zero-order valence-electron chi connectivity index (χ0n) is 18.0. The molecule has 0 aliphatic carbocycles. The predicted molar refractivity (Wildman–Crippen MR) is 111 cm³/mol. The fraction of sp³-hybridized carbons (Fsp3) is 0.579. The van der Waals surface area contributed by atoms with Crippen LogP contribution in [0, 0.1) is 5.41 Å². The normalized spacial score (nSPS) is 21.4. The van der Waals surface area contributed by atoms with Crippen molar-refractivity contribution >= 4 is 25.9 Å². The molecule has 0 saturated carbocycles. The first-order valence-corrected chi connectivity index (χ1v) is 11.5. The molecule has 1 aliphatic heterocycles. The number of carbonyl (C=O) groups is 3. The molecule has 1 aliphatic rings. The first kappa shape index (κ1) is 25.1. The van der Waals surface area contributed by atoms with E-state index < -0.39 is 43.5 Å². The number of nitrogens with zero attached hydrogens (tertiary/aromatic N) is 1. The number of methoxy groups -OCH3 is 1. The monoisotopic (exact) mass is 459 g/mol. The Kier molecular flexibility index (Phi) is 8.84. The van der Waals surface area contributed by atoms with Crippen LogP contribution in [0.15, 0.2) is 24.5 Å². The van der Waals surface area contributed by atoms with Gasteiger partial charge in [-0.15, -0.1) is 0 Å². The van der Waals surface area contributed by atoms with E-state index in [9.17, 15) is 19.3 Å². The van der Waals surface area contributed by atoms with E-state index in [4.69, 9.17) is 13.8 Å². The number of carbonyl (C=O) groups excluding carboxylic acids is 3. The predicted octanol–water partition coefficient (Wildman–Crippen LogP) is 0.626. The quantitative estimate of drug-likeness (QED) is 0.355. The average Bonchev–Trinajstić information content (AvgIpc) is 2.74. The number of ether oxygens (including phenoxy) is 2. The molecule has 12 heteroatoms. The van der Waals surface area contributed by atoms with Gasteiger partial charge in [0.25, 0.3) is 0 Å². The number of amides is 1. The Hall–Kier alpha value is -2.17. The fourth-order valence-electron chi connectivity index (χ4n) is 2.77. The van der Waals surface area contributed by atoms with Gasteiger partial charge in [-0.2, -0.15) is 0 Å². The van der Waals surface area contributed by atoms with Gasteiger partial charge in [-0.25, -0.2) is 0 Å². The molecule has 0 aromatic carbocycles.